The number of rotatable bonds is 2. The van der Waals surface area contributed by atoms with Gasteiger partial charge in [0.1, 0.15) is 0 Å². The minimum atomic E-state index is -0.911. The standard InChI is InChI=1S/C14H18N4O4/c1-8(19)10-7-15-18-11(6-12(20)16-13(10)18)9-2-4-17(5-3-9)14(21)22/h6-7,9,13,15H,2-5H2,1H3,(H,16,20)(H,21,22). The Bertz CT molecular complexity index is 590. The molecule has 3 aliphatic rings. The number of carbonyl (C=O) groups is 3. The maximum Gasteiger partial charge on any atom is 0.407 e. The zero-order chi connectivity index (χ0) is 15.9. The van der Waals surface area contributed by atoms with Gasteiger partial charge in [0.2, 0.25) is 5.91 Å². The van der Waals surface area contributed by atoms with Gasteiger partial charge < -0.3 is 20.7 Å². The quantitative estimate of drug-likeness (QED) is 0.664. The van der Waals surface area contributed by atoms with Gasteiger partial charge in [-0.2, -0.15) is 0 Å². The molecule has 0 bridgehead atoms. The second kappa shape index (κ2) is 5.36. The molecule has 0 radical (unpaired) electrons. The number of carboxylic acid groups (broad SMARTS) is 1. The molecule has 3 N–H and O–H groups in total. The predicted molar refractivity (Wildman–Crippen MR) is 76.1 cm³/mol. The Morgan fingerprint density at radius 2 is 2.00 bits per heavy atom. The second-order valence-corrected chi connectivity index (χ2v) is 5.68. The number of hydrazine groups is 1. The van der Waals surface area contributed by atoms with Crippen molar-refractivity contribution in [2.45, 2.75) is 25.9 Å². The molecule has 1 fully saturated rings. The number of amides is 2. The number of hydrogen-bond donors (Lipinski definition) is 3. The third-order valence-corrected chi connectivity index (χ3v) is 4.34. The molecule has 8 heteroatoms. The Hall–Kier alpha value is -2.51. The molecule has 3 rings (SSSR count). The van der Waals surface area contributed by atoms with Crippen LogP contribution in [0.3, 0.4) is 0 Å². The summed E-state index contributed by atoms with van der Waals surface area (Å²) in [5.41, 5.74) is 4.36. The molecule has 0 aromatic rings. The molecule has 2 amide bonds. The fourth-order valence-electron chi connectivity index (χ4n) is 3.15. The summed E-state index contributed by atoms with van der Waals surface area (Å²) in [5.74, 6) is -0.230. The van der Waals surface area contributed by atoms with Crippen LogP contribution in [0.5, 0.6) is 0 Å². The topological polar surface area (TPSA) is 102 Å². The van der Waals surface area contributed by atoms with Gasteiger partial charge >= 0.3 is 6.09 Å². The van der Waals surface area contributed by atoms with E-state index in [1.54, 1.807) is 11.2 Å². The second-order valence-electron chi connectivity index (χ2n) is 5.68. The van der Waals surface area contributed by atoms with Crippen LogP contribution in [-0.4, -0.2) is 52.1 Å². The van der Waals surface area contributed by atoms with E-state index in [1.165, 1.54) is 17.9 Å². The van der Waals surface area contributed by atoms with Gasteiger partial charge in [0.25, 0.3) is 0 Å². The Balaban J connectivity index is 1.76. The first-order valence-electron chi connectivity index (χ1n) is 7.23. The number of hydrogen-bond acceptors (Lipinski definition) is 5. The van der Waals surface area contributed by atoms with Crippen molar-refractivity contribution >= 4 is 17.8 Å². The van der Waals surface area contributed by atoms with Crippen LogP contribution < -0.4 is 10.7 Å². The lowest BCUT2D eigenvalue weighted by molar-refractivity contribution is -0.119. The zero-order valence-corrected chi connectivity index (χ0v) is 12.2. The van der Waals surface area contributed by atoms with Crippen molar-refractivity contribution in [2.75, 3.05) is 13.1 Å². The number of allylic oxidation sites excluding steroid dienone is 1. The molecule has 1 unspecified atom stereocenters. The van der Waals surface area contributed by atoms with Crippen LogP contribution >= 0.6 is 0 Å². The highest BCUT2D eigenvalue weighted by Gasteiger charge is 2.39. The molecule has 3 aliphatic heterocycles. The van der Waals surface area contributed by atoms with E-state index in [1.807, 2.05) is 0 Å². The number of carbonyl (C=O) groups excluding carboxylic acids is 2. The minimum Gasteiger partial charge on any atom is -0.465 e. The average molecular weight is 306 g/mol. The first-order valence-corrected chi connectivity index (χ1v) is 7.23. The normalized spacial score (nSPS) is 25.0. The third kappa shape index (κ3) is 2.40. The first-order chi connectivity index (χ1) is 10.5. The largest absolute Gasteiger partial charge is 0.465 e. The fraction of sp³-hybridized carbons (Fsp3) is 0.500. The van der Waals surface area contributed by atoms with Gasteiger partial charge in [0.05, 0.1) is 5.57 Å². The number of nitrogens with zero attached hydrogens (tertiary/aromatic N) is 2. The van der Waals surface area contributed by atoms with E-state index in [-0.39, 0.29) is 17.6 Å². The molecule has 1 saturated heterocycles. The Labute approximate surface area is 127 Å². The van der Waals surface area contributed by atoms with Crippen LogP contribution in [0.1, 0.15) is 19.8 Å². The smallest absolute Gasteiger partial charge is 0.407 e. The molecule has 3 heterocycles. The molecule has 0 aliphatic carbocycles. The molecular weight excluding hydrogens is 288 g/mol. The first kappa shape index (κ1) is 14.4. The van der Waals surface area contributed by atoms with E-state index in [9.17, 15) is 14.4 Å². The molecule has 0 spiro atoms. The van der Waals surface area contributed by atoms with E-state index in [2.05, 4.69) is 10.7 Å². The summed E-state index contributed by atoms with van der Waals surface area (Å²) in [7, 11) is 0. The van der Waals surface area contributed by atoms with Gasteiger partial charge in [0.15, 0.2) is 11.9 Å². The SMILES string of the molecule is CC(=O)C1=CNN2C(C3CCN(C(=O)O)CC3)=CC(=O)NC12. The van der Waals surface area contributed by atoms with Crippen molar-refractivity contribution in [1.29, 1.82) is 0 Å². The Kier molecular flexibility index (Phi) is 3.51. The maximum absolute atomic E-state index is 11.9. The average Bonchev–Trinajstić information content (AvgIpc) is 2.90. The summed E-state index contributed by atoms with van der Waals surface area (Å²) < 4.78 is 0. The summed E-state index contributed by atoms with van der Waals surface area (Å²) in [6, 6.07) is 0. The number of fused-ring (bicyclic) bond motifs is 1. The number of likely N-dealkylation sites (tertiary alicyclic amines) is 1. The minimum absolute atomic E-state index is 0.0939. The van der Waals surface area contributed by atoms with Gasteiger partial charge in [0, 0.05) is 37.0 Å². The van der Waals surface area contributed by atoms with Crippen LogP contribution in [0.4, 0.5) is 4.79 Å². The number of nitrogens with one attached hydrogen (secondary N) is 2. The van der Waals surface area contributed by atoms with Crippen LogP contribution in [0, 0.1) is 5.92 Å². The molecule has 0 aromatic heterocycles. The van der Waals surface area contributed by atoms with Gasteiger partial charge in [-0.25, -0.2) is 4.79 Å². The van der Waals surface area contributed by atoms with E-state index < -0.39 is 12.3 Å². The molecular formula is C14H18N4O4. The zero-order valence-electron chi connectivity index (χ0n) is 12.2. The number of piperidine rings is 1. The maximum atomic E-state index is 11.9. The lowest BCUT2D eigenvalue weighted by atomic mass is 9.91. The van der Waals surface area contributed by atoms with Crippen molar-refractivity contribution < 1.29 is 19.5 Å². The van der Waals surface area contributed by atoms with Gasteiger partial charge in [-0.05, 0) is 19.8 Å². The molecule has 118 valence electrons. The Morgan fingerprint density at radius 1 is 1.32 bits per heavy atom. The van der Waals surface area contributed by atoms with Crippen molar-refractivity contribution in [1.82, 2.24) is 20.7 Å². The lowest BCUT2D eigenvalue weighted by Gasteiger charge is -2.39. The van der Waals surface area contributed by atoms with E-state index >= 15 is 0 Å². The lowest BCUT2D eigenvalue weighted by Crippen LogP contribution is -2.54. The molecule has 1 atom stereocenters. The van der Waals surface area contributed by atoms with Crippen LogP contribution in [-0.2, 0) is 9.59 Å². The highest BCUT2D eigenvalue weighted by atomic mass is 16.4. The molecule has 22 heavy (non-hydrogen) atoms. The van der Waals surface area contributed by atoms with E-state index in [4.69, 9.17) is 5.11 Å². The summed E-state index contributed by atoms with van der Waals surface area (Å²) >= 11 is 0. The van der Waals surface area contributed by atoms with Crippen molar-refractivity contribution in [3.63, 3.8) is 0 Å². The monoisotopic (exact) mass is 306 g/mol. The molecule has 8 nitrogen and oxygen atoms in total. The van der Waals surface area contributed by atoms with Crippen molar-refractivity contribution in [3.05, 3.63) is 23.5 Å². The number of Topliss-reactive ketones (excluding diaryl/α,β-unsaturated/α-hetero) is 1. The van der Waals surface area contributed by atoms with Crippen molar-refractivity contribution in [2.24, 2.45) is 5.92 Å². The molecule has 0 aromatic carbocycles. The van der Waals surface area contributed by atoms with E-state index in [0.29, 0.717) is 31.5 Å². The van der Waals surface area contributed by atoms with Crippen LogP contribution in [0.15, 0.2) is 23.5 Å². The van der Waals surface area contributed by atoms with Gasteiger partial charge in [-0.1, -0.05) is 0 Å². The summed E-state index contributed by atoms with van der Waals surface area (Å²) in [6.07, 6.45) is 3.06. The van der Waals surface area contributed by atoms with Crippen LogP contribution in [0.25, 0.3) is 0 Å². The highest BCUT2D eigenvalue weighted by molar-refractivity contribution is 5.97. The summed E-state index contributed by atoms with van der Waals surface area (Å²) in [4.78, 5) is 35.9. The highest BCUT2D eigenvalue weighted by Crippen LogP contribution is 2.32. The molecule has 0 saturated carbocycles. The van der Waals surface area contributed by atoms with E-state index in [0.717, 1.165) is 5.70 Å². The van der Waals surface area contributed by atoms with Gasteiger partial charge in [-0.3, -0.25) is 14.6 Å². The van der Waals surface area contributed by atoms with Crippen LogP contribution in [0.2, 0.25) is 0 Å². The summed E-state index contributed by atoms with van der Waals surface area (Å²) in [5, 5.41) is 13.6. The fourth-order valence-corrected chi connectivity index (χ4v) is 3.15. The number of ketones is 1. The summed E-state index contributed by atoms with van der Waals surface area (Å²) in [6.45, 7) is 2.36. The Morgan fingerprint density at radius 3 is 2.59 bits per heavy atom. The third-order valence-electron chi connectivity index (χ3n) is 4.34. The predicted octanol–water partition coefficient (Wildman–Crippen LogP) is 0.00930. The van der Waals surface area contributed by atoms with Crippen molar-refractivity contribution in [3.8, 4) is 0 Å². The van der Waals surface area contributed by atoms with Gasteiger partial charge in [-0.15, -0.1) is 0 Å².